The maximum Gasteiger partial charge on any atom is 0.322 e. The molecule has 7 nitrogen and oxygen atoms in total. The van der Waals surface area contributed by atoms with Crippen LogP contribution in [0, 0.1) is 13.8 Å². The zero-order chi connectivity index (χ0) is 20.3. The van der Waals surface area contributed by atoms with Crippen LogP contribution in [0.15, 0.2) is 51.8 Å². The fourth-order valence-corrected chi connectivity index (χ4v) is 3.68. The SMILES string of the molecule is CCS(=O)(=O)c1cccc(C(=O)Nc2nnc(Cc3ccc(C)cc3C)o2)c1. The first-order valence-corrected chi connectivity index (χ1v) is 10.5. The summed E-state index contributed by atoms with van der Waals surface area (Å²) < 4.78 is 29.5. The van der Waals surface area contributed by atoms with Crippen LogP contribution in [0.2, 0.25) is 0 Å². The highest BCUT2D eigenvalue weighted by molar-refractivity contribution is 7.91. The topological polar surface area (TPSA) is 102 Å². The molecule has 0 spiro atoms. The summed E-state index contributed by atoms with van der Waals surface area (Å²) in [7, 11) is -3.40. The van der Waals surface area contributed by atoms with Gasteiger partial charge in [0.2, 0.25) is 5.89 Å². The first-order chi connectivity index (χ1) is 13.3. The number of aryl methyl sites for hydroxylation is 2. The van der Waals surface area contributed by atoms with Gasteiger partial charge in [0.05, 0.1) is 17.1 Å². The van der Waals surface area contributed by atoms with Crippen molar-refractivity contribution in [3.8, 4) is 0 Å². The Morgan fingerprint density at radius 2 is 1.89 bits per heavy atom. The van der Waals surface area contributed by atoms with Crippen molar-refractivity contribution < 1.29 is 17.6 Å². The number of aromatic nitrogens is 2. The predicted molar refractivity (Wildman–Crippen MR) is 105 cm³/mol. The van der Waals surface area contributed by atoms with E-state index in [1.807, 2.05) is 26.0 Å². The molecule has 8 heteroatoms. The number of hydrogen-bond donors (Lipinski definition) is 1. The fourth-order valence-electron chi connectivity index (χ4n) is 2.75. The zero-order valence-electron chi connectivity index (χ0n) is 15.9. The smallest absolute Gasteiger partial charge is 0.322 e. The molecule has 0 aliphatic rings. The second-order valence-corrected chi connectivity index (χ2v) is 8.77. The summed E-state index contributed by atoms with van der Waals surface area (Å²) in [6.07, 6.45) is 0.458. The monoisotopic (exact) mass is 399 g/mol. The fraction of sp³-hybridized carbons (Fsp3) is 0.250. The molecule has 0 fully saturated rings. The Hall–Kier alpha value is -3.00. The first-order valence-electron chi connectivity index (χ1n) is 8.81. The van der Waals surface area contributed by atoms with Crippen LogP contribution in [0.4, 0.5) is 6.01 Å². The summed E-state index contributed by atoms with van der Waals surface area (Å²) in [5, 5.41) is 10.3. The molecule has 146 valence electrons. The molecule has 0 aliphatic carbocycles. The van der Waals surface area contributed by atoms with Gasteiger partial charge in [-0.2, -0.15) is 0 Å². The Morgan fingerprint density at radius 3 is 2.61 bits per heavy atom. The molecule has 2 aromatic carbocycles. The Morgan fingerprint density at radius 1 is 1.11 bits per heavy atom. The molecule has 1 heterocycles. The summed E-state index contributed by atoms with van der Waals surface area (Å²) in [6.45, 7) is 5.59. The summed E-state index contributed by atoms with van der Waals surface area (Å²) in [5.74, 6) is -0.178. The lowest BCUT2D eigenvalue weighted by Gasteiger charge is -2.05. The Balaban J connectivity index is 1.73. The molecule has 0 bridgehead atoms. The number of carbonyl (C=O) groups excluding carboxylic acids is 1. The molecule has 1 aromatic heterocycles. The minimum absolute atomic E-state index is 0.0338. The maximum absolute atomic E-state index is 12.4. The van der Waals surface area contributed by atoms with Gasteiger partial charge in [-0.15, -0.1) is 5.10 Å². The number of benzene rings is 2. The van der Waals surface area contributed by atoms with E-state index in [1.165, 1.54) is 29.8 Å². The van der Waals surface area contributed by atoms with E-state index in [0.717, 1.165) is 11.1 Å². The van der Waals surface area contributed by atoms with Crippen molar-refractivity contribution in [3.63, 3.8) is 0 Å². The average Bonchev–Trinajstić information content (AvgIpc) is 3.11. The van der Waals surface area contributed by atoms with Gasteiger partial charge >= 0.3 is 6.01 Å². The molecule has 0 unspecified atom stereocenters. The molecule has 0 saturated heterocycles. The standard InChI is InChI=1S/C20H21N3O4S/c1-4-28(25,26)17-7-5-6-16(11-17)19(24)21-20-23-22-18(27-20)12-15-9-8-13(2)10-14(15)3/h5-11H,4,12H2,1-3H3,(H,21,23,24). The van der Waals surface area contributed by atoms with E-state index >= 15 is 0 Å². The average molecular weight is 399 g/mol. The highest BCUT2D eigenvalue weighted by Gasteiger charge is 2.16. The molecule has 3 aromatic rings. The second-order valence-electron chi connectivity index (χ2n) is 6.49. The van der Waals surface area contributed by atoms with Crippen LogP contribution in [0.5, 0.6) is 0 Å². The summed E-state index contributed by atoms with van der Waals surface area (Å²) in [4.78, 5) is 12.5. The van der Waals surface area contributed by atoms with E-state index in [4.69, 9.17) is 4.42 Å². The van der Waals surface area contributed by atoms with Gasteiger partial charge in [-0.05, 0) is 43.2 Å². The molecule has 3 rings (SSSR count). The van der Waals surface area contributed by atoms with Gasteiger partial charge in [0.15, 0.2) is 9.84 Å². The molecule has 0 atom stereocenters. The van der Waals surface area contributed by atoms with E-state index in [2.05, 4.69) is 21.6 Å². The summed E-state index contributed by atoms with van der Waals surface area (Å²) >= 11 is 0. The van der Waals surface area contributed by atoms with Crippen LogP contribution < -0.4 is 5.32 Å². The third kappa shape index (κ3) is 4.45. The van der Waals surface area contributed by atoms with E-state index in [9.17, 15) is 13.2 Å². The van der Waals surface area contributed by atoms with E-state index < -0.39 is 15.7 Å². The molecular formula is C20H21N3O4S. The van der Waals surface area contributed by atoms with Crippen molar-refractivity contribution >= 4 is 21.8 Å². The van der Waals surface area contributed by atoms with Crippen molar-refractivity contribution in [2.45, 2.75) is 32.1 Å². The Labute approximate surface area is 163 Å². The van der Waals surface area contributed by atoms with Crippen molar-refractivity contribution in [1.29, 1.82) is 0 Å². The number of sulfone groups is 1. The van der Waals surface area contributed by atoms with Crippen LogP contribution in [0.3, 0.4) is 0 Å². The molecule has 0 aliphatic heterocycles. The minimum Gasteiger partial charge on any atom is -0.407 e. The normalized spacial score (nSPS) is 11.4. The third-order valence-corrected chi connectivity index (χ3v) is 6.09. The quantitative estimate of drug-likeness (QED) is 0.682. The van der Waals surface area contributed by atoms with Gasteiger partial charge < -0.3 is 4.42 Å². The Bertz CT molecular complexity index is 1120. The number of carbonyl (C=O) groups is 1. The highest BCUT2D eigenvalue weighted by atomic mass is 32.2. The van der Waals surface area contributed by atoms with E-state index in [-0.39, 0.29) is 22.2 Å². The second kappa shape index (κ2) is 7.93. The maximum atomic E-state index is 12.4. The first kappa shape index (κ1) is 19.8. The van der Waals surface area contributed by atoms with Gasteiger partial charge in [0.25, 0.3) is 5.91 Å². The molecule has 0 radical (unpaired) electrons. The molecule has 1 amide bonds. The number of rotatable bonds is 6. The number of anilines is 1. The summed E-state index contributed by atoms with van der Waals surface area (Å²) in [5.41, 5.74) is 3.55. The van der Waals surface area contributed by atoms with E-state index in [0.29, 0.717) is 12.3 Å². The van der Waals surface area contributed by atoms with Gasteiger partial charge in [-0.25, -0.2) is 8.42 Å². The molecule has 1 N–H and O–H groups in total. The lowest BCUT2D eigenvalue weighted by molar-refractivity contribution is 0.102. The van der Waals surface area contributed by atoms with Gasteiger partial charge in [-0.3, -0.25) is 10.1 Å². The summed E-state index contributed by atoms with van der Waals surface area (Å²) in [6, 6.07) is 11.9. The number of amides is 1. The molecule has 28 heavy (non-hydrogen) atoms. The minimum atomic E-state index is -3.40. The van der Waals surface area contributed by atoms with Crippen LogP contribution >= 0.6 is 0 Å². The highest BCUT2D eigenvalue weighted by Crippen LogP contribution is 2.18. The zero-order valence-corrected chi connectivity index (χ0v) is 16.7. The van der Waals surface area contributed by atoms with Crippen LogP contribution in [0.25, 0.3) is 0 Å². The van der Waals surface area contributed by atoms with Crippen LogP contribution in [-0.4, -0.2) is 30.3 Å². The van der Waals surface area contributed by atoms with Gasteiger partial charge in [-0.1, -0.05) is 41.9 Å². The van der Waals surface area contributed by atoms with Crippen LogP contribution in [-0.2, 0) is 16.3 Å². The number of hydrogen-bond acceptors (Lipinski definition) is 6. The third-order valence-electron chi connectivity index (χ3n) is 4.36. The van der Waals surface area contributed by atoms with Crippen molar-refractivity contribution in [3.05, 3.63) is 70.6 Å². The molecule has 0 saturated carbocycles. The largest absolute Gasteiger partial charge is 0.407 e. The predicted octanol–water partition coefficient (Wildman–Crippen LogP) is 3.32. The van der Waals surface area contributed by atoms with Crippen molar-refractivity contribution in [1.82, 2.24) is 10.2 Å². The van der Waals surface area contributed by atoms with Crippen LogP contribution in [0.1, 0.15) is 39.9 Å². The van der Waals surface area contributed by atoms with E-state index in [1.54, 1.807) is 6.92 Å². The van der Waals surface area contributed by atoms with Crippen molar-refractivity contribution in [2.24, 2.45) is 0 Å². The molecular weight excluding hydrogens is 378 g/mol. The number of nitrogens with zero attached hydrogens (tertiary/aromatic N) is 2. The lowest BCUT2D eigenvalue weighted by Crippen LogP contribution is -2.13. The van der Waals surface area contributed by atoms with Crippen molar-refractivity contribution in [2.75, 3.05) is 11.1 Å². The number of nitrogens with one attached hydrogen (secondary N) is 1. The van der Waals surface area contributed by atoms with Gasteiger partial charge in [0, 0.05) is 5.56 Å². The van der Waals surface area contributed by atoms with Gasteiger partial charge in [0.1, 0.15) is 0 Å². The lowest BCUT2D eigenvalue weighted by atomic mass is 10.0. The Kier molecular flexibility index (Phi) is 5.60.